The number of rotatable bonds is 5. The number of nitrogens with two attached hydrogens (primary N) is 1. The van der Waals surface area contributed by atoms with Crippen LogP contribution in [0.3, 0.4) is 0 Å². The van der Waals surface area contributed by atoms with Crippen molar-refractivity contribution in [3.05, 3.63) is 65.7 Å². The molecule has 0 unspecified atom stereocenters. The zero-order valence-corrected chi connectivity index (χ0v) is 15.4. The fraction of sp³-hybridized carbons (Fsp3) is 0.190. The Labute approximate surface area is 165 Å². The normalized spacial score (nSPS) is 13.7. The molecule has 2 aromatic heterocycles. The van der Waals surface area contributed by atoms with Crippen molar-refractivity contribution < 1.29 is 8.78 Å². The van der Waals surface area contributed by atoms with Gasteiger partial charge in [0.15, 0.2) is 5.65 Å². The zero-order chi connectivity index (χ0) is 20.0. The summed E-state index contributed by atoms with van der Waals surface area (Å²) in [5.41, 5.74) is 8.22. The Hall–Kier alpha value is -3.55. The van der Waals surface area contributed by atoms with Crippen molar-refractivity contribution in [1.82, 2.24) is 19.7 Å². The van der Waals surface area contributed by atoms with E-state index in [0.29, 0.717) is 41.1 Å². The summed E-state index contributed by atoms with van der Waals surface area (Å²) >= 11 is 0. The Balaban J connectivity index is 1.68. The van der Waals surface area contributed by atoms with Crippen LogP contribution in [0.2, 0.25) is 0 Å². The van der Waals surface area contributed by atoms with Gasteiger partial charge in [0.1, 0.15) is 17.5 Å². The van der Waals surface area contributed by atoms with Crippen LogP contribution in [0.5, 0.6) is 0 Å². The molecule has 5 rings (SSSR count). The quantitative estimate of drug-likeness (QED) is 0.537. The number of hydrogen-bond donors (Lipinski definition) is 2. The fourth-order valence-corrected chi connectivity index (χ4v) is 3.28. The summed E-state index contributed by atoms with van der Waals surface area (Å²) in [7, 11) is 0. The van der Waals surface area contributed by atoms with Crippen molar-refractivity contribution in [2.24, 2.45) is 0 Å². The molecular weight excluding hydrogens is 374 g/mol. The summed E-state index contributed by atoms with van der Waals surface area (Å²) in [6.07, 6.45) is 2.07. The summed E-state index contributed by atoms with van der Waals surface area (Å²) in [5.74, 6) is -0.665. The molecule has 29 heavy (non-hydrogen) atoms. The lowest BCUT2D eigenvalue weighted by atomic mass is 10.1. The van der Waals surface area contributed by atoms with Crippen LogP contribution >= 0.6 is 0 Å². The number of nitrogens with one attached hydrogen (secondary N) is 1. The highest BCUT2D eigenvalue weighted by atomic mass is 19.1. The third kappa shape index (κ3) is 3.37. The second kappa shape index (κ2) is 6.80. The van der Waals surface area contributed by atoms with Crippen molar-refractivity contribution in [3.8, 4) is 11.3 Å². The predicted octanol–water partition coefficient (Wildman–Crippen LogP) is 3.98. The van der Waals surface area contributed by atoms with Crippen LogP contribution < -0.4 is 11.1 Å². The lowest BCUT2D eigenvalue weighted by Gasteiger charge is -2.09. The number of anilines is 2. The maximum Gasteiger partial charge on any atom is 0.225 e. The van der Waals surface area contributed by atoms with Crippen molar-refractivity contribution >= 4 is 22.8 Å². The molecule has 8 heteroatoms. The van der Waals surface area contributed by atoms with Crippen LogP contribution in [0.1, 0.15) is 18.4 Å². The molecule has 0 radical (unpaired) electrons. The minimum Gasteiger partial charge on any atom is -0.383 e. The Bertz CT molecular complexity index is 1200. The van der Waals surface area contributed by atoms with Gasteiger partial charge in [-0.3, -0.25) is 0 Å². The van der Waals surface area contributed by atoms with Gasteiger partial charge in [-0.25, -0.2) is 18.4 Å². The third-order valence-corrected chi connectivity index (χ3v) is 4.91. The van der Waals surface area contributed by atoms with Gasteiger partial charge in [-0.2, -0.15) is 4.98 Å². The third-order valence-electron chi connectivity index (χ3n) is 4.91. The molecule has 0 amide bonds. The van der Waals surface area contributed by atoms with Crippen LogP contribution in [-0.4, -0.2) is 25.8 Å². The van der Waals surface area contributed by atoms with Crippen molar-refractivity contribution in [2.75, 3.05) is 11.1 Å². The lowest BCUT2D eigenvalue weighted by Crippen LogP contribution is -2.07. The van der Waals surface area contributed by atoms with Gasteiger partial charge in [0.2, 0.25) is 5.95 Å². The first-order chi connectivity index (χ1) is 14.1. The van der Waals surface area contributed by atoms with E-state index in [1.54, 1.807) is 4.68 Å². The number of nitrogens with zero attached hydrogens (tertiary/aromatic N) is 4. The molecule has 3 N–H and O–H groups in total. The molecule has 1 aliphatic rings. The number of aromatic nitrogens is 4. The SMILES string of the molecule is Nc1c2c(-c3ccc(F)cc3F)nc(NC3CC3)nc2nn1Cc1ccccc1. The predicted molar refractivity (Wildman–Crippen MR) is 107 cm³/mol. The molecule has 1 saturated carbocycles. The highest BCUT2D eigenvalue weighted by Crippen LogP contribution is 2.34. The smallest absolute Gasteiger partial charge is 0.225 e. The summed E-state index contributed by atoms with van der Waals surface area (Å²) in [6, 6.07) is 13.5. The summed E-state index contributed by atoms with van der Waals surface area (Å²) in [5, 5.41) is 8.20. The molecule has 0 atom stereocenters. The second-order valence-electron chi connectivity index (χ2n) is 7.17. The highest BCUT2D eigenvalue weighted by molar-refractivity contribution is 5.99. The molecule has 1 aliphatic carbocycles. The second-order valence-corrected chi connectivity index (χ2v) is 7.17. The minimum absolute atomic E-state index is 0.156. The summed E-state index contributed by atoms with van der Waals surface area (Å²) < 4.78 is 29.6. The Morgan fingerprint density at radius 1 is 1.07 bits per heavy atom. The van der Waals surface area contributed by atoms with E-state index in [4.69, 9.17) is 5.73 Å². The van der Waals surface area contributed by atoms with Gasteiger partial charge < -0.3 is 11.1 Å². The van der Waals surface area contributed by atoms with Crippen LogP contribution in [0.25, 0.3) is 22.3 Å². The molecule has 0 bridgehead atoms. The van der Waals surface area contributed by atoms with Crippen LogP contribution in [0.4, 0.5) is 20.5 Å². The number of halogens is 2. The molecule has 0 saturated heterocycles. The van der Waals surface area contributed by atoms with Crippen molar-refractivity contribution in [3.63, 3.8) is 0 Å². The number of benzene rings is 2. The van der Waals surface area contributed by atoms with E-state index in [-0.39, 0.29) is 5.56 Å². The van der Waals surface area contributed by atoms with E-state index in [2.05, 4.69) is 20.4 Å². The zero-order valence-electron chi connectivity index (χ0n) is 15.4. The number of nitrogen functional groups attached to an aromatic ring is 1. The van der Waals surface area contributed by atoms with Crippen molar-refractivity contribution in [1.29, 1.82) is 0 Å². The van der Waals surface area contributed by atoms with E-state index in [9.17, 15) is 8.78 Å². The summed E-state index contributed by atoms with van der Waals surface area (Å²) in [6.45, 7) is 0.444. The average molecular weight is 392 g/mol. The van der Waals surface area contributed by atoms with E-state index in [1.165, 1.54) is 12.1 Å². The van der Waals surface area contributed by atoms with Gasteiger partial charge in [0, 0.05) is 17.7 Å². The lowest BCUT2D eigenvalue weighted by molar-refractivity contribution is 0.585. The first-order valence-electron chi connectivity index (χ1n) is 9.38. The first kappa shape index (κ1) is 17.5. The standard InChI is InChI=1S/C21H18F2N6/c22-13-6-9-15(16(23)10-13)18-17-19(24)29(11-12-4-2-1-3-5-12)28-20(17)27-21(26-18)25-14-7-8-14/h1-6,9-10,14H,7-8,11,24H2,(H,25,27,28). The monoisotopic (exact) mass is 392 g/mol. The number of fused-ring (bicyclic) bond motifs is 1. The largest absolute Gasteiger partial charge is 0.383 e. The number of hydrogen-bond acceptors (Lipinski definition) is 5. The molecule has 4 aromatic rings. The van der Waals surface area contributed by atoms with E-state index >= 15 is 0 Å². The molecule has 1 fully saturated rings. The minimum atomic E-state index is -0.711. The maximum atomic E-state index is 14.6. The van der Waals surface area contributed by atoms with Gasteiger partial charge in [-0.1, -0.05) is 30.3 Å². The Morgan fingerprint density at radius 2 is 1.86 bits per heavy atom. The molecule has 146 valence electrons. The van der Waals surface area contributed by atoms with Gasteiger partial charge in [0.05, 0.1) is 17.6 Å². The maximum absolute atomic E-state index is 14.6. The topological polar surface area (TPSA) is 81.7 Å². The van der Waals surface area contributed by atoms with E-state index in [0.717, 1.165) is 24.5 Å². The van der Waals surface area contributed by atoms with E-state index < -0.39 is 11.6 Å². The molecular formula is C21H18F2N6. The van der Waals surface area contributed by atoms with Crippen molar-refractivity contribution in [2.45, 2.75) is 25.4 Å². The first-order valence-corrected chi connectivity index (χ1v) is 9.38. The van der Waals surface area contributed by atoms with Gasteiger partial charge in [0.25, 0.3) is 0 Å². The Morgan fingerprint density at radius 3 is 2.59 bits per heavy atom. The molecule has 0 aliphatic heterocycles. The van der Waals surface area contributed by atoms with E-state index in [1.807, 2.05) is 30.3 Å². The van der Waals surface area contributed by atoms with Gasteiger partial charge in [-0.15, -0.1) is 5.10 Å². The van der Waals surface area contributed by atoms with Crippen LogP contribution in [0, 0.1) is 11.6 Å². The molecule has 2 aromatic carbocycles. The van der Waals surface area contributed by atoms with Gasteiger partial charge in [-0.05, 0) is 30.5 Å². The average Bonchev–Trinajstić information content (AvgIpc) is 3.46. The molecule has 6 nitrogen and oxygen atoms in total. The fourth-order valence-electron chi connectivity index (χ4n) is 3.28. The molecule has 0 spiro atoms. The summed E-state index contributed by atoms with van der Waals surface area (Å²) in [4.78, 5) is 8.99. The molecule has 2 heterocycles. The van der Waals surface area contributed by atoms with Gasteiger partial charge >= 0.3 is 0 Å². The Kier molecular flexibility index (Phi) is 4.12. The van der Waals surface area contributed by atoms with Crippen LogP contribution in [0.15, 0.2) is 48.5 Å². The van der Waals surface area contributed by atoms with Crippen LogP contribution in [-0.2, 0) is 6.54 Å². The highest BCUT2D eigenvalue weighted by Gasteiger charge is 2.25.